The number of carbonyl (C=O) groups excluding carboxylic acids is 1. The molecule has 3 aromatic carbocycles. The van der Waals surface area contributed by atoms with Gasteiger partial charge in [-0.3, -0.25) is 4.79 Å². The summed E-state index contributed by atoms with van der Waals surface area (Å²) >= 11 is 0. The van der Waals surface area contributed by atoms with Gasteiger partial charge in [0.25, 0.3) is 0 Å². The molecule has 35 heavy (non-hydrogen) atoms. The first-order valence-corrected chi connectivity index (χ1v) is 10.9. The van der Waals surface area contributed by atoms with Crippen LogP contribution in [0.5, 0.6) is 23.0 Å². The Kier molecular flexibility index (Phi) is 6.96. The molecule has 7 heteroatoms. The summed E-state index contributed by atoms with van der Waals surface area (Å²) in [6, 6.07) is 16.7. The van der Waals surface area contributed by atoms with Crippen molar-refractivity contribution in [2.45, 2.75) is 6.92 Å². The fraction of sp³-hybridized carbons (Fsp3) is 0.179. The Morgan fingerprint density at radius 1 is 0.829 bits per heavy atom. The standard InChI is InChI=1S/C28H27NO6/c1-17(12-28(30)29-23-11-10-18(31-2)13-27(23)34-5)20-14-21-22(16-35-26(21)15-25(20)33-4)19-8-6-7-9-24(19)32-3/h6-16H,1-5H3,(H,29,30)/b17-12+. The van der Waals surface area contributed by atoms with Gasteiger partial charge in [-0.25, -0.2) is 0 Å². The molecular weight excluding hydrogens is 446 g/mol. The Bertz CT molecular complexity index is 1400. The Morgan fingerprint density at radius 3 is 2.29 bits per heavy atom. The number of benzene rings is 3. The number of ether oxygens (including phenoxy) is 4. The number of para-hydroxylation sites is 1. The number of rotatable bonds is 8. The number of hydrogen-bond acceptors (Lipinski definition) is 6. The fourth-order valence-electron chi connectivity index (χ4n) is 3.95. The van der Waals surface area contributed by atoms with Gasteiger partial charge in [0, 0.05) is 40.3 Å². The predicted octanol–water partition coefficient (Wildman–Crippen LogP) is 6.18. The molecule has 180 valence electrons. The number of methoxy groups -OCH3 is 4. The Labute approximate surface area is 203 Å². The fourth-order valence-corrected chi connectivity index (χ4v) is 3.95. The zero-order chi connectivity index (χ0) is 24.9. The Balaban J connectivity index is 1.71. The second kappa shape index (κ2) is 10.3. The highest BCUT2D eigenvalue weighted by Gasteiger charge is 2.17. The second-order valence-corrected chi connectivity index (χ2v) is 7.78. The molecule has 1 aromatic heterocycles. The van der Waals surface area contributed by atoms with E-state index < -0.39 is 0 Å². The minimum absolute atomic E-state index is 0.301. The molecule has 0 aliphatic rings. The molecule has 0 unspecified atom stereocenters. The highest BCUT2D eigenvalue weighted by molar-refractivity contribution is 6.06. The van der Waals surface area contributed by atoms with Crippen LogP contribution in [-0.2, 0) is 4.79 Å². The topological polar surface area (TPSA) is 79.2 Å². The molecule has 1 N–H and O–H groups in total. The molecule has 0 aliphatic heterocycles. The van der Waals surface area contributed by atoms with Crippen LogP contribution in [0.3, 0.4) is 0 Å². The Hall–Kier alpha value is -4.39. The molecule has 0 saturated heterocycles. The summed E-state index contributed by atoms with van der Waals surface area (Å²) in [4.78, 5) is 12.9. The number of fused-ring (bicyclic) bond motifs is 1. The molecule has 0 fully saturated rings. The van der Waals surface area contributed by atoms with Gasteiger partial charge in [0.05, 0.1) is 40.4 Å². The smallest absolute Gasteiger partial charge is 0.248 e. The van der Waals surface area contributed by atoms with Gasteiger partial charge in [0.2, 0.25) is 5.91 Å². The predicted molar refractivity (Wildman–Crippen MR) is 137 cm³/mol. The van der Waals surface area contributed by atoms with Crippen LogP contribution in [-0.4, -0.2) is 34.3 Å². The monoisotopic (exact) mass is 473 g/mol. The van der Waals surface area contributed by atoms with Gasteiger partial charge in [-0.1, -0.05) is 18.2 Å². The number of nitrogens with one attached hydrogen (secondary N) is 1. The summed E-state index contributed by atoms with van der Waals surface area (Å²) in [6.07, 6.45) is 3.23. The van der Waals surface area contributed by atoms with Crippen LogP contribution < -0.4 is 24.3 Å². The molecule has 0 saturated carbocycles. The van der Waals surface area contributed by atoms with E-state index in [2.05, 4.69) is 5.32 Å². The largest absolute Gasteiger partial charge is 0.497 e. The van der Waals surface area contributed by atoms with Crippen molar-refractivity contribution in [1.82, 2.24) is 0 Å². The van der Waals surface area contributed by atoms with E-state index in [9.17, 15) is 4.79 Å². The van der Waals surface area contributed by atoms with Crippen LogP contribution >= 0.6 is 0 Å². The third-order valence-electron chi connectivity index (χ3n) is 5.73. The van der Waals surface area contributed by atoms with E-state index >= 15 is 0 Å². The van der Waals surface area contributed by atoms with E-state index in [0.717, 1.165) is 33.4 Å². The first-order valence-electron chi connectivity index (χ1n) is 10.9. The Morgan fingerprint density at radius 2 is 1.57 bits per heavy atom. The zero-order valence-electron chi connectivity index (χ0n) is 20.3. The summed E-state index contributed by atoms with van der Waals surface area (Å²) in [7, 11) is 6.33. The molecule has 0 bridgehead atoms. The van der Waals surface area contributed by atoms with E-state index in [1.54, 1.807) is 45.8 Å². The highest BCUT2D eigenvalue weighted by atomic mass is 16.5. The number of anilines is 1. The van der Waals surface area contributed by atoms with Crippen molar-refractivity contribution < 1.29 is 28.2 Å². The second-order valence-electron chi connectivity index (χ2n) is 7.78. The maximum atomic E-state index is 12.9. The lowest BCUT2D eigenvalue weighted by molar-refractivity contribution is -0.111. The van der Waals surface area contributed by atoms with Gasteiger partial charge in [0.15, 0.2) is 0 Å². The normalized spacial score (nSPS) is 11.3. The first-order chi connectivity index (χ1) is 17.0. The highest BCUT2D eigenvalue weighted by Crippen LogP contribution is 2.40. The number of hydrogen-bond donors (Lipinski definition) is 1. The lowest BCUT2D eigenvalue weighted by Gasteiger charge is -2.12. The van der Waals surface area contributed by atoms with Crippen molar-refractivity contribution in [3.8, 4) is 34.1 Å². The van der Waals surface area contributed by atoms with Crippen molar-refractivity contribution in [1.29, 1.82) is 0 Å². The van der Waals surface area contributed by atoms with Crippen LogP contribution in [0.2, 0.25) is 0 Å². The summed E-state index contributed by atoms with van der Waals surface area (Å²) < 4.78 is 27.6. The summed E-state index contributed by atoms with van der Waals surface area (Å²) in [5.41, 5.74) is 4.51. The average molecular weight is 474 g/mol. The zero-order valence-corrected chi connectivity index (χ0v) is 20.3. The molecule has 4 aromatic rings. The minimum atomic E-state index is -0.301. The van der Waals surface area contributed by atoms with Gasteiger partial charge in [-0.05, 0) is 36.8 Å². The van der Waals surface area contributed by atoms with Gasteiger partial charge < -0.3 is 28.7 Å². The van der Waals surface area contributed by atoms with Crippen molar-refractivity contribution in [3.05, 3.63) is 72.5 Å². The summed E-state index contributed by atoms with van der Waals surface area (Å²) in [6.45, 7) is 1.86. The molecule has 0 radical (unpaired) electrons. The quantitative estimate of drug-likeness (QED) is 0.308. The molecule has 4 rings (SSSR count). The van der Waals surface area contributed by atoms with Gasteiger partial charge >= 0.3 is 0 Å². The minimum Gasteiger partial charge on any atom is -0.497 e. The summed E-state index contributed by atoms with van der Waals surface area (Å²) in [5, 5.41) is 3.75. The van der Waals surface area contributed by atoms with E-state index in [0.29, 0.717) is 28.5 Å². The van der Waals surface area contributed by atoms with E-state index in [4.69, 9.17) is 23.4 Å². The summed E-state index contributed by atoms with van der Waals surface area (Å²) in [5.74, 6) is 2.18. The maximum absolute atomic E-state index is 12.9. The maximum Gasteiger partial charge on any atom is 0.248 e. The van der Waals surface area contributed by atoms with Crippen LogP contribution in [0, 0.1) is 0 Å². The van der Waals surface area contributed by atoms with E-state index in [-0.39, 0.29) is 5.91 Å². The van der Waals surface area contributed by atoms with Gasteiger partial charge in [0.1, 0.15) is 28.6 Å². The van der Waals surface area contributed by atoms with Crippen molar-refractivity contribution in [2.24, 2.45) is 0 Å². The number of amides is 1. The van der Waals surface area contributed by atoms with Gasteiger partial charge in [-0.2, -0.15) is 0 Å². The third kappa shape index (κ3) is 4.80. The number of allylic oxidation sites excluding steroid dienone is 1. The molecule has 1 amide bonds. The van der Waals surface area contributed by atoms with Crippen LogP contribution in [0.15, 0.2) is 71.4 Å². The average Bonchev–Trinajstić information content (AvgIpc) is 3.30. The molecule has 0 atom stereocenters. The number of carbonyl (C=O) groups is 1. The molecule has 1 heterocycles. The van der Waals surface area contributed by atoms with Crippen LogP contribution in [0.25, 0.3) is 27.7 Å². The van der Waals surface area contributed by atoms with E-state index in [1.165, 1.54) is 13.2 Å². The van der Waals surface area contributed by atoms with Crippen LogP contribution in [0.4, 0.5) is 5.69 Å². The SMILES string of the molecule is COc1ccc(NC(=O)/C=C(\C)c2cc3c(-c4ccccc4OC)coc3cc2OC)c(OC)c1. The van der Waals surface area contributed by atoms with Crippen LogP contribution in [0.1, 0.15) is 12.5 Å². The lowest BCUT2D eigenvalue weighted by Crippen LogP contribution is -2.10. The molecular formula is C28H27NO6. The van der Waals surface area contributed by atoms with E-state index in [1.807, 2.05) is 43.3 Å². The molecule has 7 nitrogen and oxygen atoms in total. The third-order valence-corrected chi connectivity index (χ3v) is 5.73. The lowest BCUT2D eigenvalue weighted by atomic mass is 9.98. The van der Waals surface area contributed by atoms with Gasteiger partial charge in [-0.15, -0.1) is 0 Å². The molecule has 0 aliphatic carbocycles. The molecule has 0 spiro atoms. The number of furan rings is 1. The van der Waals surface area contributed by atoms with Crippen molar-refractivity contribution in [2.75, 3.05) is 33.8 Å². The van der Waals surface area contributed by atoms with Crippen molar-refractivity contribution in [3.63, 3.8) is 0 Å². The van der Waals surface area contributed by atoms with Crippen molar-refractivity contribution >= 4 is 28.1 Å². The first kappa shape index (κ1) is 23.8.